The molecule has 0 amide bonds. The second kappa shape index (κ2) is 5.33. The minimum Gasteiger partial charge on any atom is -0.397 e. The van der Waals surface area contributed by atoms with Crippen molar-refractivity contribution in [2.75, 3.05) is 5.73 Å². The summed E-state index contributed by atoms with van der Waals surface area (Å²) in [5.74, 6) is -0.202. The Morgan fingerprint density at radius 3 is 2.76 bits per heavy atom. The van der Waals surface area contributed by atoms with Crippen molar-refractivity contribution in [1.29, 1.82) is 0 Å². The Kier molecular flexibility index (Phi) is 3.65. The number of nitrogens with one attached hydrogen (secondary N) is 1. The van der Waals surface area contributed by atoms with Crippen LogP contribution in [-0.4, -0.2) is 15.8 Å². The molecule has 2 heterocycles. The second-order valence-corrected chi connectivity index (χ2v) is 6.14. The number of carbonyl (C=O) groups excluding carboxylic acids is 1. The average Bonchev–Trinajstić information content (AvgIpc) is 2.86. The van der Waals surface area contributed by atoms with E-state index in [1.54, 1.807) is 12.4 Å². The maximum absolute atomic E-state index is 12.6. The van der Waals surface area contributed by atoms with Crippen molar-refractivity contribution < 1.29 is 4.79 Å². The molecule has 21 heavy (non-hydrogen) atoms. The van der Waals surface area contributed by atoms with Gasteiger partial charge in [0, 0.05) is 33.4 Å². The molecule has 0 bridgehead atoms. The summed E-state index contributed by atoms with van der Waals surface area (Å²) < 4.78 is 0.789. The first kappa shape index (κ1) is 14.4. The van der Waals surface area contributed by atoms with E-state index in [0.29, 0.717) is 16.8 Å². The topological polar surface area (TPSA) is 71.8 Å². The molecule has 3 rings (SSSR count). The van der Waals surface area contributed by atoms with E-state index >= 15 is 0 Å². The van der Waals surface area contributed by atoms with Gasteiger partial charge in [-0.15, -0.1) is 0 Å². The predicted molar refractivity (Wildman–Crippen MR) is 88.1 cm³/mol. The standard InChI is InChI=1S/C14H8BrCl2N3O/c15-7-3-8-9(5-20-14(8)19-4-7)13(21)6-1-10(16)12(17)11(18)2-6/h1-5H,18H2,(H,19,20). The second-order valence-electron chi connectivity index (χ2n) is 4.44. The third-order valence-corrected chi connectivity index (χ3v) is 4.31. The summed E-state index contributed by atoms with van der Waals surface area (Å²) in [6.45, 7) is 0. The first-order chi connectivity index (χ1) is 9.97. The first-order valence-electron chi connectivity index (χ1n) is 5.89. The number of H-pyrrole nitrogens is 1. The lowest BCUT2D eigenvalue weighted by atomic mass is 10.0. The van der Waals surface area contributed by atoms with E-state index in [-0.39, 0.29) is 21.5 Å². The molecule has 3 N–H and O–H groups in total. The van der Waals surface area contributed by atoms with Crippen LogP contribution in [0.2, 0.25) is 10.0 Å². The number of anilines is 1. The molecule has 0 unspecified atom stereocenters. The molecule has 2 aromatic heterocycles. The van der Waals surface area contributed by atoms with Crippen LogP contribution in [0.4, 0.5) is 5.69 Å². The Balaban J connectivity index is 2.15. The SMILES string of the molecule is Nc1cc(C(=O)c2c[nH]c3ncc(Br)cc23)cc(Cl)c1Cl. The molecule has 0 saturated heterocycles. The van der Waals surface area contributed by atoms with Gasteiger partial charge in [0.05, 0.1) is 15.7 Å². The normalized spacial score (nSPS) is 11.0. The number of carbonyl (C=O) groups is 1. The number of nitrogens with two attached hydrogens (primary N) is 1. The van der Waals surface area contributed by atoms with Crippen LogP contribution in [0.25, 0.3) is 11.0 Å². The molecule has 0 aliphatic heterocycles. The van der Waals surface area contributed by atoms with E-state index < -0.39 is 0 Å². The number of nitrogens with zero attached hydrogens (tertiary/aromatic N) is 1. The maximum atomic E-state index is 12.6. The van der Waals surface area contributed by atoms with Gasteiger partial charge in [-0.05, 0) is 34.1 Å². The van der Waals surface area contributed by atoms with Crippen molar-refractivity contribution in [3.8, 4) is 0 Å². The van der Waals surface area contributed by atoms with Gasteiger partial charge in [0.1, 0.15) is 5.65 Å². The highest BCUT2D eigenvalue weighted by Crippen LogP contribution is 2.31. The Labute approximate surface area is 138 Å². The van der Waals surface area contributed by atoms with Gasteiger partial charge in [-0.2, -0.15) is 0 Å². The van der Waals surface area contributed by atoms with E-state index in [0.717, 1.165) is 9.86 Å². The molecule has 0 aliphatic carbocycles. The van der Waals surface area contributed by atoms with Crippen molar-refractivity contribution in [3.63, 3.8) is 0 Å². The number of ketones is 1. The Morgan fingerprint density at radius 1 is 1.29 bits per heavy atom. The van der Waals surface area contributed by atoms with Gasteiger partial charge in [0.15, 0.2) is 5.78 Å². The predicted octanol–water partition coefficient (Wildman–Crippen LogP) is 4.45. The quantitative estimate of drug-likeness (QED) is 0.506. The number of hydrogen-bond donors (Lipinski definition) is 2. The molecule has 106 valence electrons. The number of nitrogen functional groups attached to an aromatic ring is 1. The van der Waals surface area contributed by atoms with E-state index in [9.17, 15) is 4.79 Å². The lowest BCUT2D eigenvalue weighted by Crippen LogP contribution is -2.02. The Hall–Kier alpha value is -1.56. The van der Waals surface area contributed by atoms with Gasteiger partial charge in [0.2, 0.25) is 0 Å². The zero-order valence-corrected chi connectivity index (χ0v) is 13.6. The smallest absolute Gasteiger partial charge is 0.195 e. The molecular formula is C14H8BrCl2N3O. The van der Waals surface area contributed by atoms with Gasteiger partial charge in [0.25, 0.3) is 0 Å². The number of halogens is 3. The molecule has 7 heteroatoms. The van der Waals surface area contributed by atoms with Gasteiger partial charge >= 0.3 is 0 Å². The van der Waals surface area contributed by atoms with Crippen molar-refractivity contribution >= 4 is 61.6 Å². The summed E-state index contributed by atoms with van der Waals surface area (Å²) >= 11 is 15.2. The Morgan fingerprint density at radius 2 is 2.05 bits per heavy atom. The zero-order valence-electron chi connectivity index (χ0n) is 10.5. The van der Waals surface area contributed by atoms with Gasteiger partial charge in [-0.25, -0.2) is 4.98 Å². The van der Waals surface area contributed by atoms with Crippen molar-refractivity contribution in [3.05, 3.63) is 56.2 Å². The number of benzene rings is 1. The molecule has 3 aromatic rings. The molecule has 1 aromatic carbocycles. The van der Waals surface area contributed by atoms with Crippen molar-refractivity contribution in [2.24, 2.45) is 0 Å². The number of aromatic amines is 1. The van der Waals surface area contributed by atoms with Crippen LogP contribution in [-0.2, 0) is 0 Å². The van der Waals surface area contributed by atoms with E-state index in [2.05, 4.69) is 25.9 Å². The van der Waals surface area contributed by atoms with E-state index in [4.69, 9.17) is 28.9 Å². The van der Waals surface area contributed by atoms with Gasteiger partial charge in [-0.1, -0.05) is 23.2 Å². The summed E-state index contributed by atoms with van der Waals surface area (Å²) in [6, 6.07) is 4.85. The number of fused-ring (bicyclic) bond motifs is 1. The summed E-state index contributed by atoms with van der Waals surface area (Å²) in [4.78, 5) is 19.8. The highest BCUT2D eigenvalue weighted by molar-refractivity contribution is 9.10. The van der Waals surface area contributed by atoms with Crippen LogP contribution < -0.4 is 5.73 Å². The fraction of sp³-hybridized carbons (Fsp3) is 0. The lowest BCUT2D eigenvalue weighted by molar-refractivity contribution is 0.104. The summed E-state index contributed by atoms with van der Waals surface area (Å²) in [5, 5.41) is 1.22. The molecule has 0 spiro atoms. The minimum absolute atomic E-state index is 0.202. The van der Waals surface area contributed by atoms with Crippen molar-refractivity contribution in [2.45, 2.75) is 0 Å². The maximum Gasteiger partial charge on any atom is 0.195 e. The monoisotopic (exact) mass is 383 g/mol. The first-order valence-corrected chi connectivity index (χ1v) is 7.44. The minimum atomic E-state index is -0.202. The summed E-state index contributed by atoms with van der Waals surface area (Å²) in [6.07, 6.45) is 3.27. The molecule has 0 fully saturated rings. The highest BCUT2D eigenvalue weighted by Gasteiger charge is 2.17. The molecule has 0 radical (unpaired) electrons. The van der Waals surface area contributed by atoms with Crippen LogP contribution in [0.1, 0.15) is 15.9 Å². The van der Waals surface area contributed by atoms with Gasteiger partial charge in [-0.3, -0.25) is 4.79 Å². The molecule has 0 aliphatic rings. The third kappa shape index (κ3) is 2.52. The molecule has 4 nitrogen and oxygen atoms in total. The number of aromatic nitrogens is 2. The summed E-state index contributed by atoms with van der Waals surface area (Å²) in [5.41, 5.74) is 7.53. The zero-order chi connectivity index (χ0) is 15.1. The number of hydrogen-bond acceptors (Lipinski definition) is 3. The van der Waals surface area contributed by atoms with Crippen LogP contribution in [0.5, 0.6) is 0 Å². The van der Waals surface area contributed by atoms with Crippen LogP contribution in [0.15, 0.2) is 35.1 Å². The highest BCUT2D eigenvalue weighted by atomic mass is 79.9. The molecule has 0 saturated carbocycles. The molecule has 0 atom stereocenters. The average molecular weight is 385 g/mol. The largest absolute Gasteiger partial charge is 0.397 e. The summed E-state index contributed by atoms with van der Waals surface area (Å²) in [7, 11) is 0. The van der Waals surface area contributed by atoms with Crippen molar-refractivity contribution in [1.82, 2.24) is 9.97 Å². The van der Waals surface area contributed by atoms with Gasteiger partial charge < -0.3 is 10.7 Å². The lowest BCUT2D eigenvalue weighted by Gasteiger charge is -2.05. The Bertz CT molecular complexity index is 853. The van der Waals surface area contributed by atoms with Crippen LogP contribution >= 0.6 is 39.1 Å². The fourth-order valence-corrected chi connectivity index (χ4v) is 2.73. The van der Waals surface area contributed by atoms with E-state index in [1.165, 1.54) is 12.1 Å². The van der Waals surface area contributed by atoms with Crippen LogP contribution in [0.3, 0.4) is 0 Å². The van der Waals surface area contributed by atoms with Crippen LogP contribution in [0, 0.1) is 0 Å². The molecular weight excluding hydrogens is 377 g/mol. The number of pyridine rings is 1. The third-order valence-electron chi connectivity index (χ3n) is 3.06. The fourth-order valence-electron chi connectivity index (χ4n) is 2.06. The van der Waals surface area contributed by atoms with E-state index in [1.807, 2.05) is 6.07 Å². The number of rotatable bonds is 2.